The third-order valence-electron chi connectivity index (χ3n) is 4.15. The van der Waals surface area contributed by atoms with E-state index in [1.54, 1.807) is 0 Å². The lowest BCUT2D eigenvalue weighted by molar-refractivity contribution is 0.353. The molecule has 1 aromatic rings. The monoisotopic (exact) mass is 298 g/mol. The molecule has 2 nitrogen and oxygen atoms in total. The van der Waals surface area contributed by atoms with Gasteiger partial charge in [0.05, 0.1) is 11.7 Å². The maximum atomic E-state index is 4.77. The minimum absolute atomic E-state index is 0.342. The Morgan fingerprint density at radius 2 is 2.18 bits per heavy atom. The first kappa shape index (κ1) is 13.1. The van der Waals surface area contributed by atoms with Crippen LogP contribution in [0.4, 0.5) is 0 Å². The van der Waals surface area contributed by atoms with Gasteiger partial charge in [-0.25, -0.2) is 0 Å². The second-order valence-corrected chi connectivity index (χ2v) is 6.26. The Morgan fingerprint density at radius 1 is 1.47 bits per heavy atom. The maximum Gasteiger partial charge on any atom is 0.0630 e. The van der Waals surface area contributed by atoms with E-state index in [1.165, 1.54) is 37.8 Å². The molecule has 1 unspecified atom stereocenters. The lowest BCUT2D eigenvalue weighted by atomic mass is 9.85. The van der Waals surface area contributed by atoms with E-state index in [4.69, 9.17) is 5.10 Å². The van der Waals surface area contributed by atoms with Crippen molar-refractivity contribution in [3.63, 3.8) is 0 Å². The van der Waals surface area contributed by atoms with E-state index in [2.05, 4.69) is 46.7 Å². The standard InChI is InChI=1S/C14H23BrN2/c1-3-14(2,11-15)10-12-8-9-17(16-12)13-6-4-5-7-13/h8-9,13H,3-7,10-11H2,1-2H3. The molecule has 0 radical (unpaired) electrons. The van der Waals surface area contributed by atoms with Gasteiger partial charge in [0.1, 0.15) is 0 Å². The van der Waals surface area contributed by atoms with Gasteiger partial charge in [0.15, 0.2) is 0 Å². The van der Waals surface area contributed by atoms with Crippen molar-refractivity contribution in [2.24, 2.45) is 5.41 Å². The lowest BCUT2D eigenvalue weighted by Gasteiger charge is -2.24. The fourth-order valence-electron chi connectivity index (χ4n) is 2.55. The summed E-state index contributed by atoms with van der Waals surface area (Å²) in [5.74, 6) is 0. The predicted molar refractivity (Wildman–Crippen MR) is 75.6 cm³/mol. The molecule has 2 rings (SSSR count). The highest BCUT2D eigenvalue weighted by molar-refractivity contribution is 9.09. The number of halogens is 1. The van der Waals surface area contributed by atoms with E-state index >= 15 is 0 Å². The summed E-state index contributed by atoms with van der Waals surface area (Å²) < 4.78 is 2.20. The van der Waals surface area contributed by atoms with Gasteiger partial charge in [-0.05, 0) is 37.2 Å². The van der Waals surface area contributed by atoms with Gasteiger partial charge in [0, 0.05) is 11.5 Å². The molecule has 1 fully saturated rings. The SMILES string of the molecule is CCC(C)(CBr)Cc1ccn(C2CCCC2)n1. The Morgan fingerprint density at radius 3 is 2.76 bits per heavy atom. The minimum Gasteiger partial charge on any atom is -0.269 e. The van der Waals surface area contributed by atoms with Crippen molar-refractivity contribution in [1.29, 1.82) is 0 Å². The second-order valence-electron chi connectivity index (χ2n) is 5.70. The molecule has 1 saturated carbocycles. The molecule has 0 aromatic carbocycles. The predicted octanol–water partition coefficient (Wildman–Crippen LogP) is 4.35. The number of aromatic nitrogens is 2. The summed E-state index contributed by atoms with van der Waals surface area (Å²) in [6.45, 7) is 4.59. The molecular weight excluding hydrogens is 276 g/mol. The molecule has 0 amide bonds. The molecule has 1 aliphatic rings. The van der Waals surface area contributed by atoms with Gasteiger partial charge < -0.3 is 0 Å². The van der Waals surface area contributed by atoms with Crippen LogP contribution in [0.2, 0.25) is 0 Å². The van der Waals surface area contributed by atoms with Crippen LogP contribution in [0.3, 0.4) is 0 Å². The molecule has 0 N–H and O–H groups in total. The van der Waals surface area contributed by atoms with Crippen molar-refractivity contribution in [3.8, 4) is 0 Å². The molecular formula is C14H23BrN2. The van der Waals surface area contributed by atoms with Gasteiger partial charge in [0.25, 0.3) is 0 Å². The highest BCUT2D eigenvalue weighted by Gasteiger charge is 2.23. The zero-order valence-corrected chi connectivity index (χ0v) is 12.5. The molecule has 0 spiro atoms. The fraction of sp³-hybridized carbons (Fsp3) is 0.786. The second kappa shape index (κ2) is 5.55. The normalized spacial score (nSPS) is 20.6. The van der Waals surface area contributed by atoms with Gasteiger partial charge in [-0.2, -0.15) is 5.10 Å². The smallest absolute Gasteiger partial charge is 0.0630 e. The van der Waals surface area contributed by atoms with Crippen molar-refractivity contribution < 1.29 is 0 Å². The highest BCUT2D eigenvalue weighted by atomic mass is 79.9. The fourth-order valence-corrected chi connectivity index (χ4v) is 3.14. The first-order valence-corrected chi connectivity index (χ1v) is 7.89. The Kier molecular flexibility index (Phi) is 4.29. The van der Waals surface area contributed by atoms with Crippen LogP contribution < -0.4 is 0 Å². The average Bonchev–Trinajstić information content (AvgIpc) is 2.98. The lowest BCUT2D eigenvalue weighted by Crippen LogP contribution is -2.20. The van der Waals surface area contributed by atoms with Crippen LogP contribution in [0.1, 0.15) is 57.7 Å². The van der Waals surface area contributed by atoms with Crippen LogP contribution in [0.15, 0.2) is 12.3 Å². The number of nitrogens with zero attached hydrogens (tertiary/aromatic N) is 2. The molecule has 0 bridgehead atoms. The van der Waals surface area contributed by atoms with E-state index in [1.807, 2.05) is 0 Å². The number of alkyl halides is 1. The third kappa shape index (κ3) is 3.12. The van der Waals surface area contributed by atoms with Gasteiger partial charge in [-0.1, -0.05) is 42.6 Å². The first-order valence-electron chi connectivity index (χ1n) is 6.77. The van der Waals surface area contributed by atoms with E-state index < -0.39 is 0 Å². The van der Waals surface area contributed by atoms with E-state index in [0.717, 1.165) is 11.8 Å². The van der Waals surface area contributed by atoms with Crippen LogP contribution >= 0.6 is 15.9 Å². The van der Waals surface area contributed by atoms with Crippen molar-refractivity contribution >= 4 is 15.9 Å². The summed E-state index contributed by atoms with van der Waals surface area (Å²) in [7, 11) is 0. The van der Waals surface area contributed by atoms with Gasteiger partial charge >= 0.3 is 0 Å². The maximum absolute atomic E-state index is 4.77. The summed E-state index contributed by atoms with van der Waals surface area (Å²) in [4.78, 5) is 0. The van der Waals surface area contributed by atoms with E-state index in [0.29, 0.717) is 11.5 Å². The van der Waals surface area contributed by atoms with Crippen molar-refractivity contribution in [1.82, 2.24) is 9.78 Å². The molecule has 0 aliphatic heterocycles. The van der Waals surface area contributed by atoms with Crippen LogP contribution in [0.25, 0.3) is 0 Å². The van der Waals surface area contributed by atoms with Crippen molar-refractivity contribution in [2.45, 2.75) is 58.4 Å². The van der Waals surface area contributed by atoms with Crippen molar-refractivity contribution in [2.75, 3.05) is 5.33 Å². The number of rotatable bonds is 5. The van der Waals surface area contributed by atoms with Crippen LogP contribution in [-0.2, 0) is 6.42 Å². The molecule has 1 aliphatic carbocycles. The van der Waals surface area contributed by atoms with Gasteiger partial charge in [-0.15, -0.1) is 0 Å². The Balaban J connectivity index is 2.02. The Labute approximate surface area is 113 Å². The summed E-state index contributed by atoms with van der Waals surface area (Å²) in [6, 6.07) is 2.87. The van der Waals surface area contributed by atoms with Gasteiger partial charge in [-0.3, -0.25) is 4.68 Å². The van der Waals surface area contributed by atoms with Crippen LogP contribution in [-0.4, -0.2) is 15.1 Å². The molecule has 96 valence electrons. The Bertz CT molecular complexity index is 349. The molecule has 17 heavy (non-hydrogen) atoms. The summed E-state index contributed by atoms with van der Waals surface area (Å²) in [5, 5.41) is 5.82. The Hall–Kier alpha value is -0.310. The minimum atomic E-state index is 0.342. The topological polar surface area (TPSA) is 17.8 Å². The molecule has 1 aromatic heterocycles. The molecule has 1 heterocycles. The van der Waals surface area contributed by atoms with E-state index in [9.17, 15) is 0 Å². The first-order chi connectivity index (χ1) is 8.17. The largest absolute Gasteiger partial charge is 0.269 e. The third-order valence-corrected chi connectivity index (χ3v) is 5.50. The average molecular weight is 299 g/mol. The molecule has 0 saturated heterocycles. The highest BCUT2D eigenvalue weighted by Crippen LogP contribution is 2.31. The van der Waals surface area contributed by atoms with Crippen molar-refractivity contribution in [3.05, 3.63) is 18.0 Å². The molecule has 3 heteroatoms. The number of hydrogen-bond acceptors (Lipinski definition) is 1. The van der Waals surface area contributed by atoms with Crippen LogP contribution in [0, 0.1) is 5.41 Å². The summed E-state index contributed by atoms with van der Waals surface area (Å²) >= 11 is 3.63. The zero-order chi connectivity index (χ0) is 12.3. The molecule has 1 atom stereocenters. The van der Waals surface area contributed by atoms with E-state index in [-0.39, 0.29) is 0 Å². The summed E-state index contributed by atoms with van der Waals surface area (Å²) in [5.41, 5.74) is 1.59. The van der Waals surface area contributed by atoms with Gasteiger partial charge in [0.2, 0.25) is 0 Å². The quantitative estimate of drug-likeness (QED) is 0.739. The zero-order valence-electron chi connectivity index (χ0n) is 11.0. The summed E-state index contributed by atoms with van der Waals surface area (Å²) in [6.07, 6.45) is 9.80. The number of hydrogen-bond donors (Lipinski definition) is 0. The van der Waals surface area contributed by atoms with Crippen LogP contribution in [0.5, 0.6) is 0 Å².